The highest BCUT2D eigenvalue weighted by Crippen LogP contribution is 2.32. The van der Waals surface area contributed by atoms with Crippen LogP contribution in [-0.4, -0.2) is 9.78 Å². The second-order valence-electron chi connectivity index (χ2n) is 3.84. The van der Waals surface area contributed by atoms with E-state index in [4.69, 9.17) is 17.3 Å². The molecule has 0 unspecified atom stereocenters. The zero-order valence-electron chi connectivity index (χ0n) is 9.45. The summed E-state index contributed by atoms with van der Waals surface area (Å²) in [6.07, 6.45) is 4.49. The van der Waals surface area contributed by atoms with Gasteiger partial charge in [-0.2, -0.15) is 5.10 Å². The number of nitrogens with zero attached hydrogens (tertiary/aromatic N) is 2. The highest BCUT2D eigenvalue weighted by atomic mass is 35.5. The molecule has 2 N–H and O–H groups in total. The lowest BCUT2D eigenvalue weighted by Gasteiger charge is -2.05. The number of benzene rings is 1. The number of hydrogen-bond acceptors (Lipinski definition) is 2. The second kappa shape index (κ2) is 4.75. The van der Waals surface area contributed by atoms with E-state index in [0.717, 1.165) is 18.5 Å². The van der Waals surface area contributed by atoms with Crippen LogP contribution < -0.4 is 5.73 Å². The Balaban J connectivity index is 2.44. The van der Waals surface area contributed by atoms with Crippen LogP contribution in [0.1, 0.15) is 13.3 Å². The molecule has 1 aromatic heterocycles. The molecular formula is C12H13ClFN3. The largest absolute Gasteiger partial charge is 0.397 e. The van der Waals surface area contributed by atoms with Gasteiger partial charge in [-0.25, -0.2) is 4.39 Å². The van der Waals surface area contributed by atoms with Gasteiger partial charge in [0.05, 0.1) is 16.9 Å². The molecule has 3 nitrogen and oxygen atoms in total. The number of nitrogens with two attached hydrogens (primary N) is 1. The van der Waals surface area contributed by atoms with Crippen molar-refractivity contribution in [2.45, 2.75) is 19.9 Å². The van der Waals surface area contributed by atoms with Crippen LogP contribution in [0.2, 0.25) is 5.02 Å². The highest BCUT2D eigenvalue weighted by Gasteiger charge is 2.10. The van der Waals surface area contributed by atoms with E-state index in [-0.39, 0.29) is 5.02 Å². The van der Waals surface area contributed by atoms with Crippen LogP contribution in [0.5, 0.6) is 0 Å². The lowest BCUT2D eigenvalue weighted by molar-refractivity contribution is 0.603. The summed E-state index contributed by atoms with van der Waals surface area (Å²) in [5, 5.41) is 4.40. The van der Waals surface area contributed by atoms with E-state index in [9.17, 15) is 4.39 Å². The molecule has 0 atom stereocenters. The second-order valence-corrected chi connectivity index (χ2v) is 4.25. The summed E-state index contributed by atoms with van der Waals surface area (Å²) in [5.41, 5.74) is 7.57. The minimum Gasteiger partial charge on any atom is -0.397 e. The molecule has 0 saturated carbocycles. The summed E-state index contributed by atoms with van der Waals surface area (Å²) in [5.74, 6) is -0.401. The maximum absolute atomic E-state index is 13.3. The molecule has 0 aliphatic carbocycles. The molecule has 17 heavy (non-hydrogen) atoms. The van der Waals surface area contributed by atoms with E-state index in [0.29, 0.717) is 11.3 Å². The zero-order chi connectivity index (χ0) is 12.4. The van der Waals surface area contributed by atoms with Crippen LogP contribution in [0, 0.1) is 5.82 Å². The standard InChI is InChI=1S/C12H13ClFN3/c1-2-3-17-7-8(6-16-17)10-4-9(14)5-11(13)12(10)15/h4-7H,2-3,15H2,1H3. The lowest BCUT2D eigenvalue weighted by Crippen LogP contribution is -1.96. The van der Waals surface area contributed by atoms with Crippen molar-refractivity contribution in [3.8, 4) is 11.1 Å². The highest BCUT2D eigenvalue weighted by molar-refractivity contribution is 6.33. The molecule has 0 fully saturated rings. The number of halogens is 2. The summed E-state index contributed by atoms with van der Waals surface area (Å²) in [4.78, 5) is 0. The number of rotatable bonds is 3. The first-order chi connectivity index (χ1) is 8.11. The molecule has 0 bridgehead atoms. The predicted molar refractivity (Wildman–Crippen MR) is 67.3 cm³/mol. The third-order valence-electron chi connectivity index (χ3n) is 2.49. The van der Waals surface area contributed by atoms with E-state index in [1.165, 1.54) is 12.1 Å². The Morgan fingerprint density at radius 2 is 2.24 bits per heavy atom. The van der Waals surface area contributed by atoms with Gasteiger partial charge < -0.3 is 5.73 Å². The first kappa shape index (κ1) is 11.9. The molecule has 90 valence electrons. The van der Waals surface area contributed by atoms with Gasteiger partial charge in [0.2, 0.25) is 0 Å². The van der Waals surface area contributed by atoms with Gasteiger partial charge in [-0.15, -0.1) is 0 Å². The van der Waals surface area contributed by atoms with Crippen molar-refractivity contribution in [1.82, 2.24) is 9.78 Å². The molecule has 5 heteroatoms. The van der Waals surface area contributed by atoms with Crippen molar-refractivity contribution in [2.24, 2.45) is 0 Å². The van der Waals surface area contributed by atoms with Gasteiger partial charge in [0.25, 0.3) is 0 Å². The van der Waals surface area contributed by atoms with Gasteiger partial charge in [-0.05, 0) is 18.6 Å². The van der Waals surface area contributed by atoms with E-state index in [1.807, 2.05) is 6.20 Å². The van der Waals surface area contributed by atoms with Gasteiger partial charge in [0.1, 0.15) is 5.82 Å². The van der Waals surface area contributed by atoms with Crippen LogP contribution in [0.3, 0.4) is 0 Å². The van der Waals surface area contributed by atoms with Gasteiger partial charge in [-0.1, -0.05) is 18.5 Å². The van der Waals surface area contributed by atoms with Crippen LogP contribution in [0.4, 0.5) is 10.1 Å². The van der Waals surface area contributed by atoms with Crippen molar-refractivity contribution >= 4 is 17.3 Å². The average Bonchev–Trinajstić information content (AvgIpc) is 2.72. The Morgan fingerprint density at radius 3 is 2.94 bits per heavy atom. The Morgan fingerprint density at radius 1 is 1.47 bits per heavy atom. The lowest BCUT2D eigenvalue weighted by atomic mass is 10.1. The summed E-state index contributed by atoms with van der Waals surface area (Å²) in [6.45, 7) is 2.89. The fourth-order valence-electron chi connectivity index (χ4n) is 1.68. The molecule has 0 radical (unpaired) electrons. The molecule has 1 aromatic carbocycles. The Labute approximate surface area is 104 Å². The minimum atomic E-state index is -0.401. The topological polar surface area (TPSA) is 43.8 Å². The maximum Gasteiger partial charge on any atom is 0.125 e. The normalized spacial score (nSPS) is 10.8. The number of hydrogen-bond donors (Lipinski definition) is 1. The number of anilines is 1. The van der Waals surface area contributed by atoms with Gasteiger partial charge in [0, 0.05) is 23.9 Å². The maximum atomic E-state index is 13.3. The van der Waals surface area contributed by atoms with E-state index < -0.39 is 5.82 Å². The summed E-state index contributed by atoms with van der Waals surface area (Å²) in [6, 6.07) is 2.57. The van der Waals surface area contributed by atoms with Gasteiger partial charge in [-0.3, -0.25) is 4.68 Å². The van der Waals surface area contributed by atoms with E-state index >= 15 is 0 Å². The SMILES string of the molecule is CCCn1cc(-c2cc(F)cc(Cl)c2N)cn1. The monoisotopic (exact) mass is 253 g/mol. The number of nitrogen functional groups attached to an aromatic ring is 1. The molecule has 0 spiro atoms. The summed E-state index contributed by atoms with van der Waals surface area (Å²) >= 11 is 5.84. The smallest absolute Gasteiger partial charge is 0.125 e. The minimum absolute atomic E-state index is 0.225. The van der Waals surface area contributed by atoms with E-state index in [1.54, 1.807) is 10.9 Å². The zero-order valence-corrected chi connectivity index (χ0v) is 10.2. The average molecular weight is 254 g/mol. The predicted octanol–water partition coefficient (Wildman–Crippen LogP) is 3.33. The molecule has 2 rings (SSSR count). The van der Waals surface area contributed by atoms with Crippen LogP contribution >= 0.6 is 11.6 Å². The molecule has 0 amide bonds. The Bertz CT molecular complexity index is 537. The number of aryl methyl sites for hydroxylation is 1. The van der Waals surface area contributed by atoms with Crippen LogP contribution in [-0.2, 0) is 6.54 Å². The summed E-state index contributed by atoms with van der Waals surface area (Å²) < 4.78 is 15.1. The van der Waals surface area contributed by atoms with Gasteiger partial charge >= 0.3 is 0 Å². The van der Waals surface area contributed by atoms with Crippen molar-refractivity contribution < 1.29 is 4.39 Å². The molecule has 0 aliphatic rings. The van der Waals surface area contributed by atoms with E-state index in [2.05, 4.69) is 12.0 Å². The molecule has 2 aromatic rings. The summed E-state index contributed by atoms with van der Waals surface area (Å²) in [7, 11) is 0. The quantitative estimate of drug-likeness (QED) is 0.853. The van der Waals surface area contributed by atoms with Crippen molar-refractivity contribution in [3.63, 3.8) is 0 Å². The molecule has 0 saturated heterocycles. The van der Waals surface area contributed by atoms with Crippen LogP contribution in [0.15, 0.2) is 24.5 Å². The van der Waals surface area contributed by atoms with Crippen molar-refractivity contribution in [1.29, 1.82) is 0 Å². The first-order valence-electron chi connectivity index (χ1n) is 5.39. The third-order valence-corrected chi connectivity index (χ3v) is 2.80. The van der Waals surface area contributed by atoms with Crippen LogP contribution in [0.25, 0.3) is 11.1 Å². The fourth-order valence-corrected chi connectivity index (χ4v) is 1.88. The fraction of sp³-hybridized carbons (Fsp3) is 0.250. The molecule has 0 aliphatic heterocycles. The Kier molecular flexibility index (Phi) is 3.33. The molecule has 1 heterocycles. The first-order valence-corrected chi connectivity index (χ1v) is 5.77. The van der Waals surface area contributed by atoms with Crippen molar-refractivity contribution in [2.75, 3.05) is 5.73 Å². The third kappa shape index (κ3) is 2.42. The molecular weight excluding hydrogens is 241 g/mol. The van der Waals surface area contributed by atoms with Gasteiger partial charge in [0.15, 0.2) is 0 Å². The van der Waals surface area contributed by atoms with Crippen molar-refractivity contribution in [3.05, 3.63) is 35.4 Å². The Hall–Kier alpha value is -1.55. The number of aromatic nitrogens is 2.